The van der Waals surface area contributed by atoms with E-state index in [1.54, 1.807) is 0 Å². The summed E-state index contributed by atoms with van der Waals surface area (Å²) >= 11 is 0. The Morgan fingerprint density at radius 1 is 0.365 bits per heavy atom. The number of carboxylic acid groups (broad SMARTS) is 1. The fourth-order valence-electron chi connectivity index (χ4n) is 9.15. The van der Waals surface area contributed by atoms with Crippen molar-refractivity contribution in [2.24, 2.45) is 0 Å². The second-order valence-corrected chi connectivity index (χ2v) is 23.7. The van der Waals surface area contributed by atoms with Crippen molar-refractivity contribution in [3.63, 3.8) is 0 Å². The molecule has 484 valence electrons. The monoisotopic (exact) mass is 1180 g/mol. The highest BCUT2D eigenvalue weighted by Gasteiger charge is 2.25. The molecule has 2 atom stereocenters. The number of ether oxygens (including phenoxy) is 4. The van der Waals surface area contributed by atoms with Gasteiger partial charge < -0.3 is 28.5 Å². The van der Waals surface area contributed by atoms with Gasteiger partial charge in [0, 0.05) is 12.8 Å². The van der Waals surface area contributed by atoms with Gasteiger partial charge in [0.25, 0.3) is 6.29 Å². The Labute approximate surface area is 522 Å². The van der Waals surface area contributed by atoms with E-state index in [2.05, 4.69) is 148 Å². The predicted octanol–water partition coefficient (Wildman–Crippen LogP) is 21.4. The fraction of sp³-hybridized carbons (Fsp3) is 0.671. The van der Waals surface area contributed by atoms with Crippen molar-refractivity contribution >= 4 is 17.9 Å². The number of hydrogen-bond donors (Lipinski definition) is 1. The molecule has 0 aliphatic rings. The topological polar surface area (TPSA) is 108 Å². The molecular formula is C76H128NO8+. The molecule has 0 radical (unpaired) electrons. The maximum atomic E-state index is 12.9. The van der Waals surface area contributed by atoms with Crippen molar-refractivity contribution < 1.29 is 42.9 Å². The number of unbranched alkanes of at least 4 members (excludes halogenated alkanes) is 25. The number of carbonyl (C=O) groups is 3. The molecule has 9 nitrogen and oxygen atoms in total. The highest BCUT2D eigenvalue weighted by Crippen LogP contribution is 2.16. The molecule has 0 rings (SSSR count). The number of aliphatic carboxylic acids is 1. The van der Waals surface area contributed by atoms with Gasteiger partial charge in [-0.05, 0) is 116 Å². The number of carboxylic acids is 1. The Balaban J connectivity index is 4.17. The normalized spacial score (nSPS) is 13.6. The molecule has 0 aliphatic heterocycles. The number of hydrogen-bond acceptors (Lipinski definition) is 7. The van der Waals surface area contributed by atoms with Crippen LogP contribution in [0.4, 0.5) is 0 Å². The van der Waals surface area contributed by atoms with E-state index >= 15 is 0 Å². The fourth-order valence-corrected chi connectivity index (χ4v) is 9.15. The van der Waals surface area contributed by atoms with Gasteiger partial charge in [-0.3, -0.25) is 9.59 Å². The molecule has 0 saturated heterocycles. The number of likely N-dealkylation sites (N-methyl/N-ethyl adjacent to an activating group) is 1. The van der Waals surface area contributed by atoms with Gasteiger partial charge in [-0.25, -0.2) is 4.79 Å². The van der Waals surface area contributed by atoms with Gasteiger partial charge in [0.05, 0.1) is 34.4 Å². The third-order valence-corrected chi connectivity index (χ3v) is 14.4. The van der Waals surface area contributed by atoms with Crippen LogP contribution in [0.15, 0.2) is 134 Å². The average molecular weight is 1180 g/mol. The van der Waals surface area contributed by atoms with Crippen LogP contribution in [0.25, 0.3) is 0 Å². The van der Waals surface area contributed by atoms with Crippen molar-refractivity contribution in [1.82, 2.24) is 0 Å². The summed E-state index contributed by atoms with van der Waals surface area (Å²) in [6.07, 6.45) is 91.2. The Morgan fingerprint density at radius 2 is 0.671 bits per heavy atom. The Morgan fingerprint density at radius 3 is 1.00 bits per heavy atom. The van der Waals surface area contributed by atoms with Crippen LogP contribution in [0.2, 0.25) is 0 Å². The molecule has 0 heterocycles. The van der Waals surface area contributed by atoms with Gasteiger partial charge in [-0.2, -0.15) is 0 Å². The highest BCUT2D eigenvalue weighted by molar-refractivity contribution is 5.71. The summed E-state index contributed by atoms with van der Waals surface area (Å²) < 4.78 is 23.0. The first-order valence-electron chi connectivity index (χ1n) is 34.3. The van der Waals surface area contributed by atoms with E-state index in [0.717, 1.165) is 116 Å². The largest absolute Gasteiger partial charge is 0.477 e. The van der Waals surface area contributed by atoms with Crippen LogP contribution in [0.3, 0.4) is 0 Å². The molecule has 9 heteroatoms. The van der Waals surface area contributed by atoms with Crippen molar-refractivity contribution in [1.29, 1.82) is 0 Å². The van der Waals surface area contributed by atoms with Gasteiger partial charge in [0.1, 0.15) is 13.2 Å². The van der Waals surface area contributed by atoms with Crippen LogP contribution in [-0.2, 0) is 33.3 Å². The highest BCUT2D eigenvalue weighted by atomic mass is 16.7. The van der Waals surface area contributed by atoms with Crippen molar-refractivity contribution in [3.8, 4) is 0 Å². The standard InChI is InChI=1S/C76H127NO8/c1-6-8-10-12-14-16-18-20-22-24-26-28-30-31-32-33-34-35-36-37-38-39-40-41-42-43-45-47-49-51-53-55-57-59-61-63-65-67-74(79)85-72(71-84-76(75(80)81)82-69-68-77(3,4)5)70-83-73(78)66-64-62-60-58-56-54-52-50-48-46-44-29-27-25-23-21-19-17-15-13-11-9-7-2/h8,10,14,16,19-22,25-28,31-32,34-35,37-38,40-41,44,46,72,76H,6-7,9,11-13,15,17-18,23-24,29-30,33,36,39,42-43,45,47-71H2,1-5H3/p+1/b10-8-,16-14-,21-19-,22-20-,27-25-,28-26-,32-31-,35-34-,38-37-,41-40-,46-44-. The zero-order chi connectivity index (χ0) is 61.9. The molecular weight excluding hydrogens is 1050 g/mol. The Kier molecular flexibility index (Phi) is 61.9. The Bertz CT molecular complexity index is 1860. The molecule has 0 aromatic carbocycles. The van der Waals surface area contributed by atoms with Gasteiger partial charge >= 0.3 is 17.9 Å². The summed E-state index contributed by atoms with van der Waals surface area (Å²) in [7, 11) is 5.97. The van der Waals surface area contributed by atoms with E-state index in [1.165, 1.54) is 122 Å². The maximum Gasteiger partial charge on any atom is 0.361 e. The van der Waals surface area contributed by atoms with Gasteiger partial charge in [-0.15, -0.1) is 0 Å². The second-order valence-electron chi connectivity index (χ2n) is 23.7. The predicted molar refractivity (Wildman–Crippen MR) is 364 cm³/mol. The third kappa shape index (κ3) is 66.8. The van der Waals surface area contributed by atoms with Gasteiger partial charge in [0.2, 0.25) is 0 Å². The van der Waals surface area contributed by atoms with Crippen LogP contribution < -0.4 is 0 Å². The van der Waals surface area contributed by atoms with Crippen molar-refractivity contribution in [3.05, 3.63) is 134 Å². The minimum atomic E-state index is -1.52. The average Bonchev–Trinajstić information content (AvgIpc) is 3.48. The zero-order valence-electron chi connectivity index (χ0n) is 55.2. The molecule has 2 unspecified atom stereocenters. The SMILES string of the molecule is CC/C=C\C/C=C\C/C=C\C/C=C\C/C=C\C/C=C\C/C=C\C/C=C\CCCCCCCCCCCCCCC(=O)OC(COC(=O)CCCCCCCCCC/C=C\C/C=C\C/C=C\CCCCCCC)COC(OCC[N+](C)(C)C)C(=O)O. The lowest BCUT2D eigenvalue weighted by Crippen LogP contribution is -2.40. The molecule has 0 aromatic heterocycles. The van der Waals surface area contributed by atoms with E-state index in [0.29, 0.717) is 17.4 Å². The molecule has 0 fully saturated rings. The molecule has 0 amide bonds. The first-order chi connectivity index (χ1) is 41.6. The van der Waals surface area contributed by atoms with Crippen molar-refractivity contribution in [2.75, 3.05) is 47.5 Å². The number of carbonyl (C=O) groups excluding carboxylic acids is 2. The van der Waals surface area contributed by atoms with E-state index in [-0.39, 0.29) is 38.6 Å². The van der Waals surface area contributed by atoms with E-state index in [4.69, 9.17) is 18.9 Å². The number of quaternary nitrogens is 1. The summed E-state index contributed by atoms with van der Waals surface area (Å²) in [4.78, 5) is 37.6. The smallest absolute Gasteiger partial charge is 0.361 e. The summed E-state index contributed by atoms with van der Waals surface area (Å²) in [6.45, 7) is 4.74. The molecule has 85 heavy (non-hydrogen) atoms. The van der Waals surface area contributed by atoms with Crippen LogP contribution in [0, 0.1) is 0 Å². The van der Waals surface area contributed by atoms with Gasteiger partial charge in [-0.1, -0.05) is 276 Å². The molecule has 0 aromatic rings. The Hall–Kier alpha value is -4.57. The van der Waals surface area contributed by atoms with Gasteiger partial charge in [0.15, 0.2) is 6.10 Å². The first-order valence-corrected chi connectivity index (χ1v) is 34.3. The summed E-state index contributed by atoms with van der Waals surface area (Å²) in [6, 6.07) is 0. The molecule has 0 saturated carbocycles. The lowest BCUT2D eigenvalue weighted by molar-refractivity contribution is -0.870. The maximum absolute atomic E-state index is 12.9. The van der Waals surface area contributed by atoms with Crippen LogP contribution >= 0.6 is 0 Å². The van der Waals surface area contributed by atoms with Crippen LogP contribution in [-0.4, -0.2) is 87.4 Å². The quantitative estimate of drug-likeness (QED) is 0.0211. The zero-order valence-corrected chi connectivity index (χ0v) is 55.2. The third-order valence-electron chi connectivity index (χ3n) is 14.4. The number of allylic oxidation sites excluding steroid dienone is 22. The number of rotatable bonds is 62. The lowest BCUT2D eigenvalue weighted by atomic mass is 10.0. The first kappa shape index (κ1) is 80.4. The molecule has 0 bridgehead atoms. The second kappa shape index (κ2) is 65.4. The number of esters is 2. The summed E-state index contributed by atoms with van der Waals surface area (Å²) in [5, 5.41) is 9.74. The van der Waals surface area contributed by atoms with E-state index in [9.17, 15) is 19.5 Å². The molecule has 0 aliphatic carbocycles. The lowest BCUT2D eigenvalue weighted by Gasteiger charge is -2.25. The summed E-state index contributed by atoms with van der Waals surface area (Å²) in [5.74, 6) is -2.02. The summed E-state index contributed by atoms with van der Waals surface area (Å²) in [5.41, 5.74) is 0. The molecule has 0 spiro atoms. The van der Waals surface area contributed by atoms with Crippen LogP contribution in [0.5, 0.6) is 0 Å². The van der Waals surface area contributed by atoms with Crippen molar-refractivity contribution in [2.45, 2.75) is 283 Å². The minimum absolute atomic E-state index is 0.180. The number of nitrogens with zero attached hydrogens (tertiary/aromatic N) is 1. The van der Waals surface area contributed by atoms with Crippen LogP contribution in [0.1, 0.15) is 271 Å². The van der Waals surface area contributed by atoms with E-state index in [1.807, 2.05) is 21.1 Å². The van der Waals surface area contributed by atoms with E-state index < -0.39 is 24.3 Å². The minimum Gasteiger partial charge on any atom is -0.477 e. The molecule has 1 N–H and O–H groups in total.